The van der Waals surface area contributed by atoms with E-state index in [4.69, 9.17) is 0 Å². The van der Waals surface area contributed by atoms with Crippen LogP contribution in [0.2, 0.25) is 0 Å². The van der Waals surface area contributed by atoms with Gasteiger partial charge < -0.3 is 15.3 Å². The highest BCUT2D eigenvalue weighted by Gasteiger charge is 2.13. The molecule has 0 bridgehead atoms. The molecule has 0 radical (unpaired) electrons. The number of benzene rings is 1. The number of aliphatic hydroxyl groups is 1. The standard InChI is InChI=1S/C15H23N3O/c1-3-12-5-7-13(8-6-12)14(19)11-17-15-16-9-4-10-18(15)2/h5-8,14,19H,3-4,9-11H2,1-2H3,(H,16,17). The van der Waals surface area contributed by atoms with Crippen molar-refractivity contribution in [1.82, 2.24) is 10.2 Å². The minimum Gasteiger partial charge on any atom is -0.387 e. The van der Waals surface area contributed by atoms with E-state index in [1.54, 1.807) is 0 Å². The zero-order chi connectivity index (χ0) is 13.7. The summed E-state index contributed by atoms with van der Waals surface area (Å²) in [5.41, 5.74) is 2.24. The van der Waals surface area contributed by atoms with E-state index in [2.05, 4.69) is 34.3 Å². The fourth-order valence-corrected chi connectivity index (χ4v) is 2.19. The number of aryl methyl sites for hydroxylation is 1. The molecule has 1 aliphatic rings. The lowest BCUT2D eigenvalue weighted by Gasteiger charge is -2.26. The van der Waals surface area contributed by atoms with E-state index in [0.29, 0.717) is 6.54 Å². The highest BCUT2D eigenvalue weighted by atomic mass is 16.3. The molecule has 1 aromatic rings. The monoisotopic (exact) mass is 261 g/mol. The number of guanidine groups is 1. The Bertz CT molecular complexity index is 428. The quantitative estimate of drug-likeness (QED) is 0.865. The molecule has 104 valence electrons. The van der Waals surface area contributed by atoms with Gasteiger partial charge in [-0.15, -0.1) is 0 Å². The lowest BCUT2D eigenvalue weighted by Crippen LogP contribution is -2.43. The Labute approximate surface area is 115 Å². The number of aliphatic imine (C=N–C) groups is 1. The van der Waals surface area contributed by atoms with Crippen molar-refractivity contribution in [2.24, 2.45) is 4.99 Å². The van der Waals surface area contributed by atoms with Crippen LogP contribution in [0.15, 0.2) is 29.3 Å². The first-order valence-electron chi connectivity index (χ1n) is 6.97. The summed E-state index contributed by atoms with van der Waals surface area (Å²) < 4.78 is 0. The predicted molar refractivity (Wildman–Crippen MR) is 78.3 cm³/mol. The van der Waals surface area contributed by atoms with E-state index in [1.807, 2.05) is 19.2 Å². The average Bonchev–Trinajstić information content (AvgIpc) is 2.46. The van der Waals surface area contributed by atoms with Gasteiger partial charge in [-0.05, 0) is 24.0 Å². The Hall–Kier alpha value is -1.55. The van der Waals surface area contributed by atoms with Crippen LogP contribution in [-0.4, -0.2) is 42.6 Å². The summed E-state index contributed by atoms with van der Waals surface area (Å²) in [4.78, 5) is 6.52. The van der Waals surface area contributed by atoms with Crippen LogP contribution < -0.4 is 5.32 Å². The largest absolute Gasteiger partial charge is 0.387 e. The van der Waals surface area contributed by atoms with Crippen LogP contribution in [0.25, 0.3) is 0 Å². The van der Waals surface area contributed by atoms with E-state index in [0.717, 1.165) is 37.5 Å². The molecule has 0 saturated carbocycles. The van der Waals surface area contributed by atoms with Gasteiger partial charge >= 0.3 is 0 Å². The van der Waals surface area contributed by atoms with Gasteiger partial charge in [0.15, 0.2) is 5.96 Å². The number of hydrogen-bond donors (Lipinski definition) is 2. The molecule has 1 aliphatic heterocycles. The Morgan fingerprint density at radius 3 is 2.74 bits per heavy atom. The van der Waals surface area contributed by atoms with E-state index in [1.165, 1.54) is 5.56 Å². The van der Waals surface area contributed by atoms with Crippen molar-refractivity contribution in [3.05, 3.63) is 35.4 Å². The number of hydrogen-bond acceptors (Lipinski definition) is 4. The van der Waals surface area contributed by atoms with Gasteiger partial charge in [0, 0.05) is 26.7 Å². The van der Waals surface area contributed by atoms with E-state index < -0.39 is 6.10 Å². The van der Waals surface area contributed by atoms with Crippen LogP contribution in [0, 0.1) is 0 Å². The van der Waals surface area contributed by atoms with Gasteiger partial charge in [0.2, 0.25) is 0 Å². The van der Waals surface area contributed by atoms with Crippen LogP contribution >= 0.6 is 0 Å². The lowest BCUT2D eigenvalue weighted by atomic mass is 10.1. The smallest absolute Gasteiger partial charge is 0.193 e. The molecule has 0 spiro atoms. The molecule has 1 heterocycles. The first-order valence-corrected chi connectivity index (χ1v) is 6.97. The molecule has 1 aromatic carbocycles. The number of nitrogens with zero attached hydrogens (tertiary/aromatic N) is 2. The van der Waals surface area contributed by atoms with Crippen LogP contribution in [0.1, 0.15) is 30.6 Å². The topological polar surface area (TPSA) is 47.9 Å². The van der Waals surface area contributed by atoms with E-state index >= 15 is 0 Å². The van der Waals surface area contributed by atoms with Crippen LogP contribution in [0.5, 0.6) is 0 Å². The van der Waals surface area contributed by atoms with E-state index in [-0.39, 0.29) is 0 Å². The molecule has 0 aromatic heterocycles. The highest BCUT2D eigenvalue weighted by molar-refractivity contribution is 5.80. The number of nitrogens with one attached hydrogen (secondary N) is 1. The van der Waals surface area contributed by atoms with Gasteiger partial charge in [0.05, 0.1) is 6.10 Å². The summed E-state index contributed by atoms with van der Waals surface area (Å²) in [5.74, 6) is 0.885. The molecule has 0 aliphatic carbocycles. The average molecular weight is 261 g/mol. The van der Waals surface area contributed by atoms with Crippen molar-refractivity contribution in [3.8, 4) is 0 Å². The van der Waals surface area contributed by atoms with E-state index in [9.17, 15) is 5.11 Å². The molecule has 19 heavy (non-hydrogen) atoms. The molecular formula is C15H23N3O. The number of rotatable bonds is 4. The fraction of sp³-hybridized carbons (Fsp3) is 0.533. The van der Waals surface area contributed by atoms with Crippen molar-refractivity contribution in [3.63, 3.8) is 0 Å². The van der Waals surface area contributed by atoms with Crippen molar-refractivity contribution in [1.29, 1.82) is 0 Å². The van der Waals surface area contributed by atoms with Crippen LogP contribution in [0.4, 0.5) is 0 Å². The first kappa shape index (κ1) is 13.9. The molecular weight excluding hydrogens is 238 g/mol. The summed E-state index contributed by atoms with van der Waals surface area (Å²) in [7, 11) is 2.02. The highest BCUT2D eigenvalue weighted by Crippen LogP contribution is 2.13. The maximum atomic E-state index is 10.2. The fourth-order valence-electron chi connectivity index (χ4n) is 2.19. The Kier molecular flexibility index (Phi) is 4.80. The summed E-state index contributed by atoms with van der Waals surface area (Å²) in [6.07, 6.45) is 1.63. The molecule has 0 fully saturated rings. The first-order chi connectivity index (χ1) is 9.20. The molecule has 2 rings (SSSR count). The van der Waals surface area contributed by atoms with Crippen molar-refractivity contribution < 1.29 is 5.11 Å². The summed E-state index contributed by atoms with van der Waals surface area (Å²) >= 11 is 0. The van der Waals surface area contributed by atoms with Crippen molar-refractivity contribution in [2.45, 2.75) is 25.9 Å². The molecule has 0 amide bonds. The van der Waals surface area contributed by atoms with Crippen LogP contribution in [0.3, 0.4) is 0 Å². The summed E-state index contributed by atoms with van der Waals surface area (Å²) in [5, 5.41) is 13.4. The third-order valence-electron chi connectivity index (χ3n) is 3.50. The Balaban J connectivity index is 1.89. The zero-order valence-corrected chi connectivity index (χ0v) is 11.8. The van der Waals surface area contributed by atoms with Gasteiger partial charge in [0.25, 0.3) is 0 Å². The van der Waals surface area contributed by atoms with Gasteiger partial charge in [0.1, 0.15) is 0 Å². The van der Waals surface area contributed by atoms with Gasteiger partial charge in [-0.25, -0.2) is 0 Å². The zero-order valence-electron chi connectivity index (χ0n) is 11.8. The SMILES string of the molecule is CCc1ccc(C(O)CNC2=NCCCN2C)cc1. The molecule has 1 unspecified atom stereocenters. The van der Waals surface area contributed by atoms with Gasteiger partial charge in [-0.1, -0.05) is 31.2 Å². The van der Waals surface area contributed by atoms with Gasteiger partial charge in [-0.2, -0.15) is 0 Å². The third kappa shape index (κ3) is 3.70. The predicted octanol–water partition coefficient (Wildman–Crippen LogP) is 1.56. The molecule has 1 atom stereocenters. The van der Waals surface area contributed by atoms with Crippen LogP contribution in [-0.2, 0) is 6.42 Å². The molecule has 2 N–H and O–H groups in total. The summed E-state index contributed by atoms with van der Waals surface area (Å²) in [6, 6.07) is 8.14. The minimum absolute atomic E-state index is 0.495. The maximum Gasteiger partial charge on any atom is 0.193 e. The van der Waals surface area contributed by atoms with Gasteiger partial charge in [-0.3, -0.25) is 4.99 Å². The second-order valence-corrected chi connectivity index (χ2v) is 4.97. The minimum atomic E-state index is -0.496. The normalized spacial score (nSPS) is 17.0. The molecule has 4 heteroatoms. The Morgan fingerprint density at radius 2 is 2.11 bits per heavy atom. The molecule has 4 nitrogen and oxygen atoms in total. The number of aliphatic hydroxyl groups excluding tert-OH is 1. The molecule has 0 saturated heterocycles. The maximum absolute atomic E-state index is 10.2. The third-order valence-corrected chi connectivity index (χ3v) is 3.50. The second-order valence-electron chi connectivity index (χ2n) is 4.97. The summed E-state index contributed by atoms with van der Waals surface area (Å²) in [6.45, 7) is 4.51. The van der Waals surface area contributed by atoms with Crippen molar-refractivity contribution in [2.75, 3.05) is 26.7 Å². The van der Waals surface area contributed by atoms with Crippen molar-refractivity contribution >= 4 is 5.96 Å². The second kappa shape index (κ2) is 6.57. The lowest BCUT2D eigenvalue weighted by molar-refractivity contribution is 0.179. The Morgan fingerprint density at radius 1 is 1.37 bits per heavy atom.